The average Bonchev–Trinajstić information content (AvgIpc) is 3.37. The maximum Gasteiger partial charge on any atom is 0.404 e. The second-order valence-corrected chi connectivity index (χ2v) is 8.74. The molecule has 3 N–H and O–H groups in total. The number of rotatable bonds is 5. The Bertz CT molecular complexity index is 1250. The summed E-state index contributed by atoms with van der Waals surface area (Å²) < 4.78 is 3.96. The topological polar surface area (TPSA) is 109 Å². The van der Waals surface area contributed by atoms with Crippen molar-refractivity contribution in [2.75, 3.05) is 5.32 Å². The average molecular weight is 434 g/mol. The number of hydrogen-bond acceptors (Lipinski definition) is 5. The molecule has 0 radical (unpaired) electrons. The lowest BCUT2D eigenvalue weighted by Gasteiger charge is -2.29. The van der Waals surface area contributed by atoms with Gasteiger partial charge in [0.15, 0.2) is 5.82 Å². The van der Waals surface area contributed by atoms with Crippen LogP contribution >= 0.6 is 0 Å². The van der Waals surface area contributed by atoms with E-state index in [1.165, 1.54) is 0 Å². The van der Waals surface area contributed by atoms with Crippen molar-refractivity contribution in [3.63, 3.8) is 0 Å². The number of anilines is 1. The molecule has 9 heteroatoms. The Morgan fingerprint density at radius 3 is 2.62 bits per heavy atom. The predicted octanol–water partition coefficient (Wildman–Crippen LogP) is 4.32. The minimum atomic E-state index is -0.948. The van der Waals surface area contributed by atoms with Gasteiger partial charge >= 0.3 is 6.09 Å². The number of nitrogens with one attached hydrogen (secondary N) is 2. The zero-order chi connectivity index (χ0) is 22.2. The molecule has 0 atom stereocenters. The van der Waals surface area contributed by atoms with Crippen molar-refractivity contribution in [2.45, 2.75) is 57.7 Å². The fourth-order valence-electron chi connectivity index (χ4n) is 4.59. The van der Waals surface area contributed by atoms with E-state index < -0.39 is 6.09 Å². The van der Waals surface area contributed by atoms with Gasteiger partial charge in [-0.3, -0.25) is 9.67 Å². The van der Waals surface area contributed by atoms with Crippen LogP contribution in [-0.2, 0) is 0 Å². The van der Waals surface area contributed by atoms with Crippen LogP contribution in [0.1, 0.15) is 45.6 Å². The summed E-state index contributed by atoms with van der Waals surface area (Å²) in [4.78, 5) is 15.1. The van der Waals surface area contributed by atoms with Gasteiger partial charge in [-0.25, -0.2) is 9.31 Å². The third-order valence-corrected chi connectivity index (χ3v) is 6.18. The Labute approximate surface area is 185 Å². The van der Waals surface area contributed by atoms with E-state index in [0.29, 0.717) is 0 Å². The summed E-state index contributed by atoms with van der Waals surface area (Å²) in [6.07, 6.45) is 10.0. The van der Waals surface area contributed by atoms with Gasteiger partial charge in [0, 0.05) is 47.8 Å². The van der Waals surface area contributed by atoms with Crippen molar-refractivity contribution >= 4 is 28.3 Å². The van der Waals surface area contributed by atoms with Gasteiger partial charge in [-0.15, -0.1) is 0 Å². The number of aromatic nitrogens is 5. The van der Waals surface area contributed by atoms with Gasteiger partial charge in [0.05, 0.1) is 22.6 Å². The zero-order valence-corrected chi connectivity index (χ0v) is 18.2. The molecule has 4 aromatic rings. The Kier molecular flexibility index (Phi) is 5.16. The van der Waals surface area contributed by atoms with Crippen molar-refractivity contribution in [1.29, 1.82) is 0 Å². The summed E-state index contributed by atoms with van der Waals surface area (Å²) in [6, 6.07) is 6.59. The van der Waals surface area contributed by atoms with Crippen LogP contribution in [0.2, 0.25) is 0 Å². The molecule has 0 aromatic carbocycles. The molecule has 4 aromatic heterocycles. The third-order valence-electron chi connectivity index (χ3n) is 6.18. The van der Waals surface area contributed by atoms with Gasteiger partial charge in [0.25, 0.3) is 0 Å². The number of carbonyl (C=O) groups is 1. The van der Waals surface area contributed by atoms with E-state index in [-0.39, 0.29) is 18.1 Å². The smallest absolute Gasteiger partial charge is 0.404 e. The summed E-state index contributed by atoms with van der Waals surface area (Å²) in [5.41, 5.74) is 4.17. The van der Waals surface area contributed by atoms with E-state index in [9.17, 15) is 4.79 Å². The van der Waals surface area contributed by atoms with Crippen molar-refractivity contribution in [2.24, 2.45) is 0 Å². The van der Waals surface area contributed by atoms with Crippen molar-refractivity contribution in [1.82, 2.24) is 29.7 Å². The Morgan fingerprint density at radius 1 is 1.16 bits per heavy atom. The van der Waals surface area contributed by atoms with Crippen LogP contribution in [0.25, 0.3) is 27.5 Å². The molecule has 0 unspecified atom stereocenters. The molecule has 166 valence electrons. The van der Waals surface area contributed by atoms with Crippen molar-refractivity contribution < 1.29 is 9.90 Å². The highest BCUT2D eigenvalue weighted by Gasteiger charge is 2.25. The maximum atomic E-state index is 10.9. The molecule has 5 rings (SSSR count). The van der Waals surface area contributed by atoms with Gasteiger partial charge < -0.3 is 15.7 Å². The quantitative estimate of drug-likeness (QED) is 0.432. The first-order valence-electron chi connectivity index (χ1n) is 11.1. The zero-order valence-electron chi connectivity index (χ0n) is 18.2. The molecule has 4 heterocycles. The molecule has 1 aliphatic rings. The number of hydrogen-bond donors (Lipinski definition) is 3. The summed E-state index contributed by atoms with van der Waals surface area (Å²) in [5, 5.41) is 25.7. The van der Waals surface area contributed by atoms with Gasteiger partial charge in [0.2, 0.25) is 0 Å². The summed E-state index contributed by atoms with van der Waals surface area (Å²) >= 11 is 0. The summed E-state index contributed by atoms with van der Waals surface area (Å²) in [5.74, 6) is 0.836. The highest BCUT2D eigenvalue weighted by atomic mass is 16.4. The minimum absolute atomic E-state index is 0.0309. The lowest BCUT2D eigenvalue weighted by Crippen LogP contribution is -2.39. The summed E-state index contributed by atoms with van der Waals surface area (Å²) in [7, 11) is 0. The van der Waals surface area contributed by atoms with Crippen LogP contribution in [0.4, 0.5) is 10.6 Å². The summed E-state index contributed by atoms with van der Waals surface area (Å²) in [6.45, 7) is 4.25. The lowest BCUT2D eigenvalue weighted by atomic mass is 9.91. The van der Waals surface area contributed by atoms with Crippen LogP contribution in [0.15, 0.2) is 43.0 Å². The van der Waals surface area contributed by atoms with E-state index in [2.05, 4.69) is 45.3 Å². The van der Waals surface area contributed by atoms with E-state index in [1.54, 1.807) is 6.20 Å². The number of carboxylic acid groups (broad SMARTS) is 1. The number of pyridine rings is 1. The molecular weight excluding hydrogens is 406 g/mol. The first kappa shape index (κ1) is 20.3. The minimum Gasteiger partial charge on any atom is -0.465 e. The molecule has 0 saturated heterocycles. The normalized spacial score (nSPS) is 19.0. The fourth-order valence-corrected chi connectivity index (χ4v) is 4.59. The van der Waals surface area contributed by atoms with E-state index in [4.69, 9.17) is 10.2 Å². The Balaban J connectivity index is 1.49. The Hall–Kier alpha value is -3.62. The maximum absolute atomic E-state index is 10.9. The second-order valence-electron chi connectivity index (χ2n) is 8.74. The highest BCUT2D eigenvalue weighted by Crippen LogP contribution is 2.33. The molecule has 1 amide bonds. The number of fused-ring (bicyclic) bond motifs is 3. The van der Waals surface area contributed by atoms with Gasteiger partial charge in [-0.05, 0) is 51.7 Å². The molecule has 0 spiro atoms. The lowest BCUT2D eigenvalue weighted by molar-refractivity contribution is 0.185. The van der Waals surface area contributed by atoms with Crippen molar-refractivity contribution in [3.05, 3.63) is 43.0 Å². The largest absolute Gasteiger partial charge is 0.465 e. The van der Waals surface area contributed by atoms with Crippen LogP contribution in [-0.4, -0.2) is 47.7 Å². The third kappa shape index (κ3) is 3.74. The molecule has 1 aliphatic carbocycles. The fraction of sp³-hybridized carbons (Fsp3) is 0.391. The van der Waals surface area contributed by atoms with Gasteiger partial charge in [-0.1, -0.05) is 6.07 Å². The standard InChI is InChI=1S/C23H27N7O2/c1-14(2)30-21-19(22(28-30)26-17-5-7-18(8-6-17)27-23(31)32)12-25-29-13-16(10-20(21)29)15-4-3-9-24-11-15/h3-4,9-14,17-18,27H,5-8H2,1-2H3,(H,26,28)(H,31,32). The number of amides is 1. The van der Waals surface area contributed by atoms with Gasteiger partial charge in [-0.2, -0.15) is 10.2 Å². The van der Waals surface area contributed by atoms with Crippen LogP contribution in [0, 0.1) is 0 Å². The second kappa shape index (κ2) is 8.14. The molecule has 0 bridgehead atoms. The molecular formula is C23H27N7O2. The van der Waals surface area contributed by atoms with Crippen LogP contribution < -0.4 is 10.6 Å². The predicted molar refractivity (Wildman–Crippen MR) is 123 cm³/mol. The monoisotopic (exact) mass is 433 g/mol. The molecule has 32 heavy (non-hydrogen) atoms. The van der Waals surface area contributed by atoms with E-state index in [0.717, 1.165) is 59.0 Å². The Morgan fingerprint density at radius 2 is 1.94 bits per heavy atom. The number of nitrogens with zero attached hydrogens (tertiary/aromatic N) is 5. The molecule has 1 saturated carbocycles. The molecule has 1 fully saturated rings. The van der Waals surface area contributed by atoms with E-state index >= 15 is 0 Å². The first-order chi connectivity index (χ1) is 15.5. The SMILES string of the molecule is CC(C)n1nc(NC2CCC(NC(=O)O)CC2)c2cnn3cc(-c4cccnc4)cc3c21. The van der Waals surface area contributed by atoms with Crippen LogP contribution in [0.5, 0.6) is 0 Å². The van der Waals surface area contributed by atoms with E-state index in [1.807, 2.05) is 35.2 Å². The molecule has 9 nitrogen and oxygen atoms in total. The van der Waals surface area contributed by atoms with Crippen LogP contribution in [0.3, 0.4) is 0 Å². The first-order valence-corrected chi connectivity index (χ1v) is 11.1. The molecule has 0 aliphatic heterocycles. The van der Waals surface area contributed by atoms with Gasteiger partial charge in [0.1, 0.15) is 0 Å². The van der Waals surface area contributed by atoms with Crippen molar-refractivity contribution in [3.8, 4) is 11.1 Å². The highest BCUT2D eigenvalue weighted by molar-refractivity contribution is 6.00.